The Labute approximate surface area is 87.8 Å². The van der Waals surface area contributed by atoms with E-state index in [2.05, 4.69) is 19.1 Å². The monoisotopic (exact) mass is 190 g/mol. The Bertz CT molecular complexity index is 253. The Morgan fingerprint density at radius 1 is 1.07 bits per heavy atom. The summed E-state index contributed by atoms with van der Waals surface area (Å²) < 4.78 is 0. The molecule has 4 atom stereocenters. The summed E-state index contributed by atoms with van der Waals surface area (Å²) in [6.07, 6.45) is 15.3. The van der Waals surface area contributed by atoms with E-state index in [-0.39, 0.29) is 0 Å². The van der Waals surface area contributed by atoms with Crippen LogP contribution in [0.2, 0.25) is 0 Å². The molecule has 2 fully saturated rings. The molecule has 0 heteroatoms. The van der Waals surface area contributed by atoms with Crippen LogP contribution < -0.4 is 0 Å². The van der Waals surface area contributed by atoms with Gasteiger partial charge < -0.3 is 0 Å². The minimum Gasteiger partial charge on any atom is -0.0882 e. The molecular weight excluding hydrogens is 168 g/mol. The average molecular weight is 190 g/mol. The summed E-state index contributed by atoms with van der Waals surface area (Å²) in [5.74, 6) is 3.26. The summed E-state index contributed by atoms with van der Waals surface area (Å²) in [5, 5.41) is 0. The van der Waals surface area contributed by atoms with Crippen LogP contribution in [0.3, 0.4) is 0 Å². The fourth-order valence-corrected chi connectivity index (χ4v) is 4.25. The van der Waals surface area contributed by atoms with Gasteiger partial charge in [-0.05, 0) is 68.1 Å². The maximum absolute atomic E-state index is 2.52. The predicted molar refractivity (Wildman–Crippen MR) is 60.0 cm³/mol. The van der Waals surface area contributed by atoms with Crippen LogP contribution in [0.5, 0.6) is 0 Å². The SMILES string of the molecule is CC12CC=CCC3CCC(CC1)C3C2. The van der Waals surface area contributed by atoms with Crippen molar-refractivity contribution >= 4 is 0 Å². The molecule has 0 spiro atoms. The minimum atomic E-state index is 0.667. The van der Waals surface area contributed by atoms with E-state index in [1.165, 1.54) is 38.5 Å². The minimum absolute atomic E-state index is 0.667. The van der Waals surface area contributed by atoms with Gasteiger partial charge in [-0.2, -0.15) is 0 Å². The summed E-state index contributed by atoms with van der Waals surface area (Å²) in [6.45, 7) is 2.52. The molecule has 2 bridgehead atoms. The normalized spacial score (nSPS) is 51.4. The van der Waals surface area contributed by atoms with E-state index >= 15 is 0 Å². The van der Waals surface area contributed by atoms with Crippen molar-refractivity contribution in [2.75, 3.05) is 0 Å². The molecule has 3 aliphatic rings. The van der Waals surface area contributed by atoms with Gasteiger partial charge in [-0.3, -0.25) is 0 Å². The fraction of sp³-hybridized carbons (Fsp3) is 0.857. The number of hydrogen-bond donors (Lipinski definition) is 0. The van der Waals surface area contributed by atoms with Gasteiger partial charge in [0.05, 0.1) is 0 Å². The van der Waals surface area contributed by atoms with Crippen LogP contribution in [0.15, 0.2) is 12.2 Å². The van der Waals surface area contributed by atoms with Gasteiger partial charge in [-0.25, -0.2) is 0 Å². The quantitative estimate of drug-likeness (QED) is 0.503. The van der Waals surface area contributed by atoms with Crippen LogP contribution in [0.4, 0.5) is 0 Å². The molecule has 3 aliphatic carbocycles. The third-order valence-corrected chi connectivity index (χ3v) is 5.18. The molecule has 0 nitrogen and oxygen atoms in total. The van der Waals surface area contributed by atoms with Crippen LogP contribution in [0.1, 0.15) is 51.9 Å². The summed E-state index contributed by atoms with van der Waals surface area (Å²) in [4.78, 5) is 0. The second-order valence-electron chi connectivity index (χ2n) is 6.23. The average Bonchev–Trinajstić information content (AvgIpc) is 2.51. The summed E-state index contributed by atoms with van der Waals surface area (Å²) in [5.41, 5.74) is 0.667. The maximum atomic E-state index is 2.52. The molecule has 0 heterocycles. The largest absolute Gasteiger partial charge is 0.0882 e. The number of hydrogen-bond acceptors (Lipinski definition) is 0. The molecule has 78 valence electrons. The van der Waals surface area contributed by atoms with Gasteiger partial charge in [-0.15, -0.1) is 0 Å². The molecule has 0 N–H and O–H groups in total. The van der Waals surface area contributed by atoms with Crippen molar-refractivity contribution < 1.29 is 0 Å². The van der Waals surface area contributed by atoms with Crippen molar-refractivity contribution in [3.05, 3.63) is 12.2 Å². The number of fused-ring (bicyclic) bond motifs is 1. The number of rotatable bonds is 0. The third kappa shape index (κ3) is 1.34. The van der Waals surface area contributed by atoms with Crippen LogP contribution in [-0.4, -0.2) is 0 Å². The standard InChI is InChI=1S/C14H22/c1-14-8-3-2-4-11-5-6-12(7-9-14)13(11)10-14/h2-3,11-13H,4-10H2,1H3. The molecule has 0 aliphatic heterocycles. The van der Waals surface area contributed by atoms with Gasteiger partial charge in [0, 0.05) is 0 Å². The summed E-state index contributed by atoms with van der Waals surface area (Å²) in [6, 6.07) is 0. The highest BCUT2D eigenvalue weighted by Crippen LogP contribution is 2.54. The Morgan fingerprint density at radius 3 is 2.86 bits per heavy atom. The van der Waals surface area contributed by atoms with Gasteiger partial charge >= 0.3 is 0 Å². The van der Waals surface area contributed by atoms with Crippen LogP contribution in [0.25, 0.3) is 0 Å². The van der Waals surface area contributed by atoms with E-state index in [4.69, 9.17) is 0 Å². The van der Waals surface area contributed by atoms with Crippen molar-refractivity contribution in [3.8, 4) is 0 Å². The zero-order valence-corrected chi connectivity index (χ0v) is 9.34. The topological polar surface area (TPSA) is 0 Å². The first-order valence-corrected chi connectivity index (χ1v) is 6.42. The summed E-state index contributed by atoms with van der Waals surface area (Å²) >= 11 is 0. The zero-order valence-electron chi connectivity index (χ0n) is 9.34. The lowest BCUT2D eigenvalue weighted by molar-refractivity contribution is 0.0974. The zero-order chi connectivity index (χ0) is 9.60. The highest BCUT2D eigenvalue weighted by molar-refractivity contribution is 5.02. The highest BCUT2D eigenvalue weighted by atomic mass is 14.5. The molecule has 0 aromatic rings. The Morgan fingerprint density at radius 2 is 1.93 bits per heavy atom. The molecule has 0 aromatic heterocycles. The van der Waals surface area contributed by atoms with E-state index < -0.39 is 0 Å². The Balaban J connectivity index is 1.90. The first kappa shape index (κ1) is 9.00. The third-order valence-electron chi connectivity index (χ3n) is 5.18. The molecule has 0 amide bonds. The molecule has 3 rings (SSSR count). The second-order valence-corrected chi connectivity index (χ2v) is 6.23. The van der Waals surface area contributed by atoms with Crippen LogP contribution in [0, 0.1) is 23.2 Å². The lowest BCUT2D eigenvalue weighted by atomic mass is 9.63. The summed E-state index contributed by atoms with van der Waals surface area (Å²) in [7, 11) is 0. The first-order chi connectivity index (χ1) is 6.77. The molecule has 2 saturated carbocycles. The molecule has 4 unspecified atom stereocenters. The Kier molecular flexibility index (Phi) is 2.00. The maximum Gasteiger partial charge on any atom is -0.0288 e. The van der Waals surface area contributed by atoms with Gasteiger partial charge in [-0.1, -0.05) is 19.1 Å². The van der Waals surface area contributed by atoms with Crippen molar-refractivity contribution in [1.82, 2.24) is 0 Å². The first-order valence-electron chi connectivity index (χ1n) is 6.42. The van der Waals surface area contributed by atoms with Crippen molar-refractivity contribution in [3.63, 3.8) is 0 Å². The molecule has 0 saturated heterocycles. The molecule has 0 aromatic carbocycles. The number of allylic oxidation sites excluding steroid dienone is 2. The lowest BCUT2D eigenvalue weighted by Crippen LogP contribution is -2.32. The van der Waals surface area contributed by atoms with Crippen molar-refractivity contribution in [2.24, 2.45) is 23.2 Å². The second kappa shape index (κ2) is 3.12. The van der Waals surface area contributed by atoms with Gasteiger partial charge in [0.25, 0.3) is 0 Å². The van der Waals surface area contributed by atoms with E-state index in [1.54, 1.807) is 6.42 Å². The van der Waals surface area contributed by atoms with E-state index in [9.17, 15) is 0 Å². The van der Waals surface area contributed by atoms with Gasteiger partial charge in [0.1, 0.15) is 0 Å². The fourth-order valence-electron chi connectivity index (χ4n) is 4.25. The Hall–Kier alpha value is -0.260. The van der Waals surface area contributed by atoms with Crippen molar-refractivity contribution in [1.29, 1.82) is 0 Å². The highest BCUT2D eigenvalue weighted by Gasteiger charge is 2.44. The molecule has 14 heavy (non-hydrogen) atoms. The lowest BCUT2D eigenvalue weighted by Gasteiger charge is -2.42. The van der Waals surface area contributed by atoms with Crippen LogP contribution in [-0.2, 0) is 0 Å². The molecule has 0 radical (unpaired) electrons. The molecular formula is C14H22. The van der Waals surface area contributed by atoms with E-state index in [0.717, 1.165) is 17.8 Å². The van der Waals surface area contributed by atoms with Crippen LogP contribution >= 0.6 is 0 Å². The van der Waals surface area contributed by atoms with Gasteiger partial charge in [0.15, 0.2) is 0 Å². The van der Waals surface area contributed by atoms with Gasteiger partial charge in [0.2, 0.25) is 0 Å². The van der Waals surface area contributed by atoms with E-state index in [0.29, 0.717) is 5.41 Å². The predicted octanol–water partition coefficient (Wildman–Crippen LogP) is 4.17. The smallest absolute Gasteiger partial charge is 0.0288 e. The van der Waals surface area contributed by atoms with E-state index in [1.807, 2.05) is 0 Å². The van der Waals surface area contributed by atoms with Crippen molar-refractivity contribution in [2.45, 2.75) is 51.9 Å².